The first-order chi connectivity index (χ1) is 20.7. The number of nitrogens with zero attached hydrogens (tertiary/aromatic N) is 6. The van der Waals surface area contributed by atoms with Crippen LogP contribution in [0.3, 0.4) is 0 Å². The third-order valence-corrected chi connectivity index (χ3v) is 8.23. The predicted molar refractivity (Wildman–Crippen MR) is 169 cm³/mol. The summed E-state index contributed by atoms with van der Waals surface area (Å²) >= 11 is 0. The average molecular weight is 560 g/mol. The van der Waals surface area contributed by atoms with Crippen LogP contribution >= 0.6 is 0 Å². The van der Waals surface area contributed by atoms with E-state index in [-0.39, 0.29) is 0 Å². The zero-order chi connectivity index (χ0) is 28.3. The molecule has 0 saturated carbocycles. The third-order valence-electron chi connectivity index (χ3n) is 8.23. The molecule has 1 N–H and O–H groups in total. The van der Waals surface area contributed by atoms with Crippen molar-refractivity contribution in [2.24, 2.45) is 0 Å². The Balaban J connectivity index is 1.00. The van der Waals surface area contributed by atoms with Crippen molar-refractivity contribution in [2.75, 3.05) is 54.9 Å². The molecule has 0 unspecified atom stereocenters. The molecule has 7 rings (SSSR count). The van der Waals surface area contributed by atoms with Crippen molar-refractivity contribution in [2.45, 2.75) is 25.9 Å². The molecule has 42 heavy (non-hydrogen) atoms. The second-order valence-electron chi connectivity index (χ2n) is 11.2. The lowest BCUT2D eigenvalue weighted by Crippen LogP contribution is -2.46. The number of nitrogens with one attached hydrogen (secondary N) is 1. The number of hydrogen-bond acceptors (Lipinski definition) is 7. The summed E-state index contributed by atoms with van der Waals surface area (Å²) in [7, 11) is 2.16. The Bertz CT molecular complexity index is 1660. The van der Waals surface area contributed by atoms with Crippen LogP contribution < -0.4 is 19.9 Å². The Labute approximate surface area is 247 Å². The van der Waals surface area contributed by atoms with Crippen LogP contribution in [0.5, 0.6) is 11.5 Å². The first-order valence-electron chi connectivity index (χ1n) is 14.9. The van der Waals surface area contributed by atoms with E-state index in [1.165, 1.54) is 28.9 Å². The highest BCUT2D eigenvalue weighted by molar-refractivity contribution is 5.67. The minimum Gasteiger partial charge on any atom is -0.457 e. The molecule has 0 spiro atoms. The Morgan fingerprint density at radius 2 is 1.74 bits per heavy atom. The van der Waals surface area contributed by atoms with E-state index in [0.717, 1.165) is 81.0 Å². The molecule has 5 aromatic rings. The number of aromatic nitrogens is 3. The number of benzene rings is 3. The first-order valence-corrected chi connectivity index (χ1v) is 14.9. The van der Waals surface area contributed by atoms with Gasteiger partial charge in [-0.1, -0.05) is 36.4 Å². The molecular weight excluding hydrogens is 522 g/mol. The zero-order valence-corrected chi connectivity index (χ0v) is 24.1. The summed E-state index contributed by atoms with van der Waals surface area (Å²) in [6, 6.07) is 26.9. The highest BCUT2D eigenvalue weighted by Gasteiger charge is 2.22. The standard InChI is InChI=1S/C34H37N7O/c1-38(32-14-6-13-31-30(32)12-7-16-35-31)24-27-25-41-33(37-27)15-17-36-34(41)40-20-18-39(19-21-40)23-26-8-5-11-29(22-26)42-28-9-3-2-4-10-28/h2-6,8-11,13-15,17,22,25,35H,7,12,16,18-21,23-24H2,1H3. The van der Waals surface area contributed by atoms with E-state index < -0.39 is 0 Å². The fourth-order valence-electron chi connectivity index (χ4n) is 6.14. The molecule has 0 aliphatic carbocycles. The van der Waals surface area contributed by atoms with Gasteiger partial charge in [-0.15, -0.1) is 0 Å². The summed E-state index contributed by atoms with van der Waals surface area (Å²) < 4.78 is 8.21. The summed E-state index contributed by atoms with van der Waals surface area (Å²) in [5, 5.41) is 3.55. The smallest absolute Gasteiger partial charge is 0.211 e. The van der Waals surface area contributed by atoms with Gasteiger partial charge in [0.05, 0.1) is 12.2 Å². The number of hydrogen-bond donors (Lipinski definition) is 1. The van der Waals surface area contributed by atoms with Crippen molar-refractivity contribution >= 4 is 23.0 Å². The minimum absolute atomic E-state index is 0.748. The second kappa shape index (κ2) is 11.7. The van der Waals surface area contributed by atoms with Crippen LogP contribution in [-0.4, -0.2) is 59.0 Å². The van der Waals surface area contributed by atoms with Crippen LogP contribution in [0.2, 0.25) is 0 Å². The lowest BCUT2D eigenvalue weighted by atomic mass is 10.0. The fourth-order valence-corrected chi connectivity index (χ4v) is 6.14. The predicted octanol–water partition coefficient (Wildman–Crippen LogP) is 5.84. The summed E-state index contributed by atoms with van der Waals surface area (Å²) in [6.07, 6.45) is 6.33. The number of rotatable bonds is 8. The quantitative estimate of drug-likeness (QED) is 0.256. The van der Waals surface area contributed by atoms with Crippen LogP contribution in [0.1, 0.15) is 23.2 Å². The lowest BCUT2D eigenvalue weighted by molar-refractivity contribution is 0.248. The maximum atomic E-state index is 6.05. The van der Waals surface area contributed by atoms with E-state index in [2.05, 4.69) is 74.1 Å². The maximum absolute atomic E-state index is 6.05. The highest BCUT2D eigenvalue weighted by Crippen LogP contribution is 2.32. The summed E-state index contributed by atoms with van der Waals surface area (Å²) in [6.45, 7) is 6.48. The molecule has 0 bridgehead atoms. The van der Waals surface area contributed by atoms with Crippen molar-refractivity contribution in [3.8, 4) is 11.5 Å². The SMILES string of the molecule is CN(Cc1cn2c(N3CCN(Cc4cccc(Oc5ccccc5)c4)CC3)nccc2n1)c1cccc2c1CCCN2. The van der Waals surface area contributed by atoms with Crippen LogP contribution in [0.15, 0.2) is 91.3 Å². The summed E-state index contributed by atoms with van der Waals surface area (Å²) in [5.74, 6) is 2.70. The van der Waals surface area contributed by atoms with Crippen LogP contribution in [-0.2, 0) is 19.5 Å². The van der Waals surface area contributed by atoms with Gasteiger partial charge in [0.25, 0.3) is 0 Å². The van der Waals surface area contributed by atoms with Gasteiger partial charge in [0, 0.05) is 70.1 Å². The summed E-state index contributed by atoms with van der Waals surface area (Å²) in [4.78, 5) is 17.0. The zero-order valence-electron chi connectivity index (χ0n) is 24.1. The number of piperazine rings is 1. The molecular formula is C34H37N7O. The molecule has 3 aromatic carbocycles. The molecule has 1 fully saturated rings. The van der Waals surface area contributed by atoms with Crippen molar-refractivity contribution in [3.05, 3.63) is 108 Å². The highest BCUT2D eigenvalue weighted by atomic mass is 16.5. The van der Waals surface area contributed by atoms with E-state index in [4.69, 9.17) is 14.7 Å². The van der Waals surface area contributed by atoms with Crippen LogP contribution in [0.25, 0.3) is 5.65 Å². The molecule has 4 heterocycles. The molecule has 0 amide bonds. The van der Waals surface area contributed by atoms with Crippen molar-refractivity contribution in [3.63, 3.8) is 0 Å². The van der Waals surface area contributed by atoms with E-state index in [9.17, 15) is 0 Å². The van der Waals surface area contributed by atoms with Crippen molar-refractivity contribution in [1.82, 2.24) is 19.3 Å². The van der Waals surface area contributed by atoms with Gasteiger partial charge < -0.3 is 19.9 Å². The van der Waals surface area contributed by atoms with E-state index in [1.54, 1.807) is 0 Å². The van der Waals surface area contributed by atoms with Gasteiger partial charge >= 0.3 is 0 Å². The molecule has 8 heteroatoms. The van der Waals surface area contributed by atoms with Crippen molar-refractivity contribution in [1.29, 1.82) is 0 Å². The molecule has 2 aliphatic rings. The Kier molecular flexibility index (Phi) is 7.36. The molecule has 0 atom stereocenters. The van der Waals surface area contributed by atoms with E-state index in [0.29, 0.717) is 0 Å². The van der Waals surface area contributed by atoms with Crippen molar-refractivity contribution < 1.29 is 4.74 Å². The number of fused-ring (bicyclic) bond motifs is 2. The largest absolute Gasteiger partial charge is 0.457 e. The van der Waals surface area contributed by atoms with Gasteiger partial charge in [-0.05, 0) is 66.4 Å². The van der Waals surface area contributed by atoms with Gasteiger partial charge in [-0.25, -0.2) is 9.97 Å². The topological polar surface area (TPSA) is 61.2 Å². The molecule has 8 nitrogen and oxygen atoms in total. The number of ether oxygens (including phenoxy) is 1. The third kappa shape index (κ3) is 5.63. The Hall–Kier alpha value is -4.56. The molecule has 2 aliphatic heterocycles. The monoisotopic (exact) mass is 559 g/mol. The van der Waals surface area contributed by atoms with Gasteiger partial charge in [0.1, 0.15) is 17.1 Å². The van der Waals surface area contributed by atoms with Gasteiger partial charge in [-0.2, -0.15) is 0 Å². The lowest BCUT2D eigenvalue weighted by Gasteiger charge is -2.35. The first kappa shape index (κ1) is 26.3. The molecule has 2 aromatic heterocycles. The molecule has 1 saturated heterocycles. The van der Waals surface area contributed by atoms with E-state index in [1.807, 2.05) is 48.7 Å². The average Bonchev–Trinajstić information content (AvgIpc) is 3.44. The van der Waals surface area contributed by atoms with Gasteiger partial charge in [0.15, 0.2) is 0 Å². The Morgan fingerprint density at radius 1 is 0.905 bits per heavy atom. The number of para-hydroxylation sites is 1. The van der Waals surface area contributed by atoms with Gasteiger partial charge in [0.2, 0.25) is 5.95 Å². The van der Waals surface area contributed by atoms with Gasteiger partial charge in [-0.3, -0.25) is 9.30 Å². The second-order valence-corrected chi connectivity index (χ2v) is 11.2. The summed E-state index contributed by atoms with van der Waals surface area (Å²) in [5.41, 5.74) is 7.20. The Morgan fingerprint density at radius 3 is 2.62 bits per heavy atom. The van der Waals surface area contributed by atoms with Crippen LogP contribution in [0.4, 0.5) is 17.3 Å². The molecule has 214 valence electrons. The molecule has 0 radical (unpaired) electrons. The van der Waals surface area contributed by atoms with Crippen LogP contribution in [0, 0.1) is 0 Å². The number of imidazole rings is 1. The minimum atomic E-state index is 0.748. The maximum Gasteiger partial charge on any atom is 0.211 e. The van der Waals surface area contributed by atoms with E-state index >= 15 is 0 Å². The fraction of sp³-hybridized carbons (Fsp3) is 0.294. The number of anilines is 3. The normalized spacial score (nSPS) is 15.3.